The molecule has 0 aromatic rings. The molecule has 0 radical (unpaired) electrons. The topological polar surface area (TPSA) is 86.6 Å². The molecule has 0 aromatic heterocycles. The van der Waals surface area contributed by atoms with Gasteiger partial charge >= 0.3 is 5.97 Å². The van der Waals surface area contributed by atoms with E-state index in [-0.39, 0.29) is 30.2 Å². The molecule has 5 nitrogen and oxygen atoms in total. The van der Waals surface area contributed by atoms with E-state index in [9.17, 15) is 14.7 Å². The Morgan fingerprint density at radius 3 is 2.16 bits per heavy atom. The maximum absolute atomic E-state index is 12.0. The Morgan fingerprint density at radius 2 is 1.84 bits per heavy atom. The Hall–Kier alpha value is -0.750. The monoisotopic (exact) mass is 291 g/mol. The summed E-state index contributed by atoms with van der Waals surface area (Å²) in [6, 6.07) is -0.187. The van der Waals surface area contributed by atoms with Gasteiger partial charge in [0.2, 0.25) is 5.91 Å². The van der Waals surface area contributed by atoms with Gasteiger partial charge in [0.15, 0.2) is 0 Å². The van der Waals surface area contributed by atoms with E-state index in [2.05, 4.69) is 5.32 Å². The number of carboxylic acid groups (broad SMARTS) is 1. The van der Waals surface area contributed by atoms with E-state index in [0.29, 0.717) is 12.8 Å². The highest BCUT2D eigenvalue weighted by Gasteiger charge is 2.37. The van der Waals surface area contributed by atoms with Crippen LogP contribution in [0.1, 0.15) is 40.0 Å². The molecule has 0 bridgehead atoms. The van der Waals surface area contributed by atoms with Gasteiger partial charge in [0.1, 0.15) is 0 Å². The van der Waals surface area contributed by atoms with Crippen LogP contribution in [0, 0.1) is 5.41 Å². The zero-order valence-corrected chi connectivity index (χ0v) is 12.9. The average molecular weight is 291 g/mol. The summed E-state index contributed by atoms with van der Waals surface area (Å²) in [6.07, 6.45) is 2.69. The molecule has 2 unspecified atom stereocenters. The van der Waals surface area contributed by atoms with E-state index >= 15 is 0 Å². The van der Waals surface area contributed by atoms with Gasteiger partial charge in [0.05, 0.1) is 12.0 Å². The summed E-state index contributed by atoms with van der Waals surface area (Å²) in [6.45, 7) is 5.36. The average Bonchev–Trinajstić information content (AvgIpc) is 2.37. The third kappa shape index (κ3) is 5.03. The quantitative estimate of drug-likeness (QED) is 0.599. The predicted octanol–water partition coefficient (Wildman–Crippen LogP) is 1.50. The number of aliphatic carboxylic acids is 1. The highest BCUT2D eigenvalue weighted by Crippen LogP contribution is 2.31. The smallest absolute Gasteiger partial charge is 0.310 e. The fraction of sp³-hybridized carbons (Fsp3) is 0.846. The fourth-order valence-electron chi connectivity index (χ4n) is 2.02. The van der Waals surface area contributed by atoms with E-state index < -0.39 is 11.4 Å². The highest BCUT2D eigenvalue weighted by atomic mass is 32.2. The van der Waals surface area contributed by atoms with E-state index in [1.807, 2.05) is 13.2 Å². The lowest BCUT2D eigenvalue weighted by Gasteiger charge is -2.28. The molecule has 0 saturated heterocycles. The zero-order valence-electron chi connectivity index (χ0n) is 12.1. The second kappa shape index (κ2) is 8.43. The molecule has 2 atom stereocenters. The fourth-order valence-corrected chi connectivity index (χ4v) is 2.65. The molecule has 6 heteroatoms. The summed E-state index contributed by atoms with van der Waals surface area (Å²) >= 11 is 1.47. The Morgan fingerprint density at radius 1 is 1.32 bits per heavy atom. The molecule has 3 N–H and O–H groups in total. The third-order valence-electron chi connectivity index (χ3n) is 3.74. The third-order valence-corrected chi connectivity index (χ3v) is 4.90. The highest BCUT2D eigenvalue weighted by molar-refractivity contribution is 7.99. The number of rotatable bonds is 9. The molecule has 112 valence electrons. The minimum atomic E-state index is -0.988. The van der Waals surface area contributed by atoms with Gasteiger partial charge in [0.25, 0.3) is 0 Å². The van der Waals surface area contributed by atoms with Crippen LogP contribution >= 0.6 is 11.8 Å². The Labute approximate surface area is 119 Å². The van der Waals surface area contributed by atoms with Crippen molar-refractivity contribution in [2.45, 2.75) is 51.3 Å². The molecule has 19 heavy (non-hydrogen) atoms. The summed E-state index contributed by atoms with van der Waals surface area (Å²) in [5.41, 5.74) is -0.988. The maximum atomic E-state index is 12.0. The number of nitrogens with one attached hydrogen (secondary N) is 1. The van der Waals surface area contributed by atoms with Crippen LogP contribution in [0.2, 0.25) is 0 Å². The van der Waals surface area contributed by atoms with E-state index in [0.717, 1.165) is 0 Å². The molecular formula is C13H25NO4S. The first-order valence-corrected chi connectivity index (χ1v) is 7.82. The van der Waals surface area contributed by atoms with Crippen LogP contribution in [0.4, 0.5) is 0 Å². The number of aliphatic hydroxyl groups is 1. The van der Waals surface area contributed by atoms with E-state index in [1.165, 1.54) is 11.8 Å². The molecule has 0 aliphatic rings. The van der Waals surface area contributed by atoms with Crippen molar-refractivity contribution < 1.29 is 19.8 Å². The first-order chi connectivity index (χ1) is 8.86. The predicted molar refractivity (Wildman–Crippen MR) is 77.3 cm³/mol. The maximum Gasteiger partial charge on any atom is 0.310 e. The first kappa shape index (κ1) is 18.2. The van der Waals surface area contributed by atoms with Crippen LogP contribution in [0.3, 0.4) is 0 Å². The molecule has 0 aliphatic carbocycles. The van der Waals surface area contributed by atoms with Crippen molar-refractivity contribution in [3.63, 3.8) is 0 Å². The molecular weight excluding hydrogens is 266 g/mol. The minimum Gasteiger partial charge on any atom is -0.481 e. The number of thioether (sulfide) groups is 1. The van der Waals surface area contributed by atoms with Crippen LogP contribution in [-0.2, 0) is 9.59 Å². The zero-order chi connectivity index (χ0) is 15.1. The lowest BCUT2D eigenvalue weighted by molar-refractivity contribution is -0.152. The van der Waals surface area contributed by atoms with Crippen molar-refractivity contribution in [2.24, 2.45) is 5.41 Å². The van der Waals surface area contributed by atoms with Crippen LogP contribution in [0.15, 0.2) is 0 Å². The van der Waals surface area contributed by atoms with E-state index in [4.69, 9.17) is 5.11 Å². The molecule has 0 aliphatic heterocycles. The normalized spacial score (nSPS) is 14.8. The van der Waals surface area contributed by atoms with Crippen LogP contribution in [0.25, 0.3) is 0 Å². The molecule has 0 fully saturated rings. The largest absolute Gasteiger partial charge is 0.481 e. The summed E-state index contributed by atoms with van der Waals surface area (Å²) in [5, 5.41) is 21.1. The molecule has 0 rings (SSSR count). The standard InChI is InChI=1S/C13H25NO4S/c1-5-13(6-2,12(17)18)7-11(16)14-9(3)10(8-15)19-4/h9-10,15H,5-8H2,1-4H3,(H,14,16)(H,17,18). The van der Waals surface area contributed by atoms with Gasteiger partial charge in [-0.25, -0.2) is 0 Å². The Balaban J connectivity index is 4.63. The van der Waals surface area contributed by atoms with Crippen molar-refractivity contribution >= 4 is 23.6 Å². The molecule has 0 aromatic carbocycles. The van der Waals surface area contributed by atoms with Gasteiger partial charge in [0, 0.05) is 17.7 Å². The summed E-state index contributed by atoms with van der Waals surface area (Å²) in [5.74, 6) is -1.20. The Kier molecular flexibility index (Phi) is 8.09. The molecule has 0 spiro atoms. The molecule has 1 amide bonds. The van der Waals surface area contributed by atoms with Crippen LogP contribution < -0.4 is 5.32 Å². The van der Waals surface area contributed by atoms with Gasteiger partial charge in [-0.3, -0.25) is 9.59 Å². The lowest BCUT2D eigenvalue weighted by atomic mass is 9.79. The lowest BCUT2D eigenvalue weighted by Crippen LogP contribution is -2.44. The minimum absolute atomic E-state index is 0.0196. The van der Waals surface area contributed by atoms with Crippen molar-refractivity contribution in [2.75, 3.05) is 12.9 Å². The summed E-state index contributed by atoms with van der Waals surface area (Å²) in [4.78, 5) is 23.3. The van der Waals surface area contributed by atoms with Gasteiger partial charge in [-0.15, -0.1) is 0 Å². The molecule has 0 heterocycles. The second-order valence-corrected chi connectivity index (χ2v) is 5.86. The Bertz CT molecular complexity index is 301. The van der Waals surface area contributed by atoms with Crippen molar-refractivity contribution in [1.29, 1.82) is 0 Å². The van der Waals surface area contributed by atoms with Crippen LogP contribution in [0.5, 0.6) is 0 Å². The number of carbonyl (C=O) groups is 2. The number of amides is 1. The van der Waals surface area contributed by atoms with E-state index in [1.54, 1.807) is 13.8 Å². The number of carbonyl (C=O) groups excluding carboxylic acids is 1. The van der Waals surface area contributed by atoms with Crippen molar-refractivity contribution in [3.05, 3.63) is 0 Å². The van der Waals surface area contributed by atoms with Gasteiger partial charge < -0.3 is 15.5 Å². The molecule has 0 saturated carbocycles. The number of hydrogen-bond donors (Lipinski definition) is 3. The van der Waals surface area contributed by atoms with Crippen molar-refractivity contribution in [1.82, 2.24) is 5.32 Å². The number of carboxylic acids is 1. The number of hydrogen-bond acceptors (Lipinski definition) is 4. The van der Waals surface area contributed by atoms with Crippen molar-refractivity contribution in [3.8, 4) is 0 Å². The van der Waals surface area contributed by atoms with Gasteiger partial charge in [-0.05, 0) is 26.0 Å². The van der Waals surface area contributed by atoms with Gasteiger partial charge in [-0.1, -0.05) is 13.8 Å². The summed E-state index contributed by atoms with van der Waals surface area (Å²) < 4.78 is 0. The van der Waals surface area contributed by atoms with Gasteiger partial charge in [-0.2, -0.15) is 11.8 Å². The first-order valence-electron chi connectivity index (χ1n) is 6.53. The second-order valence-electron chi connectivity index (χ2n) is 4.78. The number of aliphatic hydroxyl groups excluding tert-OH is 1. The summed E-state index contributed by atoms with van der Waals surface area (Å²) in [7, 11) is 0. The van der Waals surface area contributed by atoms with Crippen LogP contribution in [-0.4, -0.2) is 46.2 Å². The SMILES string of the molecule is CCC(CC)(CC(=O)NC(C)C(CO)SC)C(=O)O.